The molecule has 2 N–H and O–H groups in total. The number of halogens is 3. The molecule has 0 radical (unpaired) electrons. The van der Waals surface area contributed by atoms with Crippen LogP contribution in [0.25, 0.3) is 11.0 Å². The van der Waals surface area contributed by atoms with Gasteiger partial charge in [-0.2, -0.15) is 5.10 Å². The van der Waals surface area contributed by atoms with Gasteiger partial charge in [-0.15, -0.1) is 0 Å². The van der Waals surface area contributed by atoms with Crippen molar-refractivity contribution in [3.05, 3.63) is 59.8 Å². The maximum absolute atomic E-state index is 15.3. The number of hydrogen-bond donors (Lipinski definition) is 2. The van der Waals surface area contributed by atoms with Crippen LogP contribution in [0.2, 0.25) is 0 Å². The lowest BCUT2D eigenvalue weighted by atomic mass is 10.1. The molecule has 0 bridgehead atoms. The Morgan fingerprint density at radius 1 is 1.06 bits per heavy atom. The molecule has 0 spiro atoms. The summed E-state index contributed by atoms with van der Waals surface area (Å²) in [7, 11) is 2.44. The molecule has 9 nitrogen and oxygen atoms in total. The van der Waals surface area contributed by atoms with Crippen molar-refractivity contribution < 1.29 is 27.8 Å². The number of aliphatic hydroxyl groups excluding tert-OH is 1. The smallest absolute Gasteiger partial charge is 0.213 e. The van der Waals surface area contributed by atoms with E-state index in [4.69, 9.17) is 9.47 Å². The topological polar surface area (TPSA) is 99.6 Å². The summed E-state index contributed by atoms with van der Waals surface area (Å²) < 4.78 is 55.4. The molecule has 0 saturated heterocycles. The number of anilines is 3. The summed E-state index contributed by atoms with van der Waals surface area (Å²) in [5.74, 6) is -3.70. The molecule has 0 aliphatic carbocycles. The van der Waals surface area contributed by atoms with Crippen molar-refractivity contribution in [3.63, 3.8) is 0 Å². The molecule has 0 amide bonds. The molecular weight excluding hydrogens is 441 g/mol. The Morgan fingerprint density at radius 3 is 2.45 bits per heavy atom. The molecule has 170 valence electrons. The van der Waals surface area contributed by atoms with E-state index >= 15 is 8.78 Å². The Labute approximate surface area is 185 Å². The molecule has 4 heterocycles. The van der Waals surface area contributed by atoms with Crippen molar-refractivity contribution in [2.45, 2.75) is 12.9 Å². The molecule has 1 aliphatic rings. The molecule has 1 unspecified atom stereocenters. The number of H-pyrrole nitrogens is 1. The second kappa shape index (κ2) is 7.81. The molecule has 1 aliphatic heterocycles. The maximum atomic E-state index is 15.3. The van der Waals surface area contributed by atoms with Crippen LogP contribution >= 0.6 is 0 Å². The van der Waals surface area contributed by atoms with E-state index in [2.05, 4.69) is 20.2 Å². The maximum Gasteiger partial charge on any atom is 0.213 e. The fraction of sp³-hybridized carbons (Fsp3) is 0.190. The minimum absolute atomic E-state index is 0.167. The van der Waals surface area contributed by atoms with Crippen LogP contribution in [0.15, 0.2) is 36.8 Å². The van der Waals surface area contributed by atoms with Gasteiger partial charge in [-0.05, 0) is 12.1 Å². The third kappa shape index (κ3) is 3.09. The lowest BCUT2D eigenvalue weighted by Crippen LogP contribution is -2.51. The highest BCUT2D eigenvalue weighted by Gasteiger charge is 2.39. The third-order valence-corrected chi connectivity index (χ3v) is 5.42. The Kier molecular flexibility index (Phi) is 4.93. The predicted molar refractivity (Wildman–Crippen MR) is 112 cm³/mol. The van der Waals surface area contributed by atoms with E-state index in [0.29, 0.717) is 22.3 Å². The quantitative estimate of drug-likeness (QED) is 0.481. The van der Waals surface area contributed by atoms with Gasteiger partial charge in [0.25, 0.3) is 0 Å². The largest absolute Gasteiger partial charge is 0.493 e. The van der Waals surface area contributed by atoms with Gasteiger partial charge in [-0.3, -0.25) is 10.00 Å². The van der Waals surface area contributed by atoms with E-state index in [-0.39, 0.29) is 23.9 Å². The van der Waals surface area contributed by atoms with Gasteiger partial charge >= 0.3 is 0 Å². The standard InChI is InChI=1S/C21H17F3N6O3/c1-32-13-6-14(33-2)16(24)18(15(13)23)29-9-10-7-26-19-11(8-27-28-19)17(10)30(21(29)31)20-12(22)4-3-5-25-20/h3-8,21,31H,9H2,1-2H3,(H,26,27,28). The van der Waals surface area contributed by atoms with Crippen LogP contribution in [0.3, 0.4) is 0 Å². The van der Waals surface area contributed by atoms with Crippen LogP contribution in [-0.4, -0.2) is 45.8 Å². The Balaban J connectivity index is 1.78. The van der Waals surface area contributed by atoms with Crippen molar-refractivity contribution in [3.8, 4) is 11.5 Å². The Hall–Kier alpha value is -4.06. The lowest BCUT2D eigenvalue weighted by Gasteiger charge is -2.43. The van der Waals surface area contributed by atoms with Gasteiger partial charge in [-0.1, -0.05) is 0 Å². The number of aliphatic hydroxyl groups is 1. The third-order valence-electron chi connectivity index (χ3n) is 5.42. The second-order valence-electron chi connectivity index (χ2n) is 7.18. The molecular formula is C21H17F3N6O3. The van der Waals surface area contributed by atoms with Crippen molar-refractivity contribution >= 4 is 28.2 Å². The number of hydrogen-bond acceptors (Lipinski definition) is 8. The molecule has 3 aromatic heterocycles. The number of aromatic nitrogens is 4. The van der Waals surface area contributed by atoms with E-state index in [9.17, 15) is 9.50 Å². The van der Waals surface area contributed by atoms with Crippen molar-refractivity contribution in [1.82, 2.24) is 20.2 Å². The highest BCUT2D eigenvalue weighted by molar-refractivity contribution is 5.94. The molecule has 5 rings (SSSR count). The summed E-state index contributed by atoms with van der Waals surface area (Å²) in [5.41, 5.74) is 0.569. The Bertz CT molecular complexity index is 1340. The molecule has 0 saturated carbocycles. The fourth-order valence-electron chi connectivity index (χ4n) is 3.94. The first-order valence-corrected chi connectivity index (χ1v) is 9.71. The van der Waals surface area contributed by atoms with Crippen molar-refractivity contribution in [1.29, 1.82) is 0 Å². The van der Waals surface area contributed by atoms with Gasteiger partial charge in [0.15, 0.2) is 40.4 Å². The van der Waals surface area contributed by atoms with Crippen LogP contribution in [-0.2, 0) is 6.54 Å². The SMILES string of the molecule is COc1cc(OC)c(F)c(N2Cc3cnc4[nH]ncc4c3N(c3ncccc3F)C2O)c1F. The summed E-state index contributed by atoms with van der Waals surface area (Å²) >= 11 is 0. The van der Waals surface area contributed by atoms with E-state index in [1.165, 1.54) is 38.9 Å². The number of methoxy groups -OCH3 is 2. The van der Waals surface area contributed by atoms with Gasteiger partial charge < -0.3 is 19.5 Å². The van der Waals surface area contributed by atoms with Crippen molar-refractivity contribution in [2.75, 3.05) is 24.0 Å². The summed E-state index contributed by atoms with van der Waals surface area (Å²) in [5, 5.41) is 18.5. The van der Waals surface area contributed by atoms with E-state index < -0.39 is 29.5 Å². The first kappa shape index (κ1) is 20.8. The summed E-state index contributed by atoms with van der Waals surface area (Å²) in [6, 6.07) is 3.61. The zero-order valence-electron chi connectivity index (χ0n) is 17.4. The van der Waals surface area contributed by atoms with Crippen LogP contribution in [0, 0.1) is 17.5 Å². The minimum Gasteiger partial charge on any atom is -0.493 e. The van der Waals surface area contributed by atoms with E-state index in [0.717, 1.165) is 21.9 Å². The predicted octanol–water partition coefficient (Wildman–Crippen LogP) is 3.22. The van der Waals surface area contributed by atoms with Gasteiger partial charge in [0.1, 0.15) is 5.69 Å². The fourth-order valence-corrected chi connectivity index (χ4v) is 3.94. The Morgan fingerprint density at radius 2 is 1.79 bits per heavy atom. The number of nitrogens with zero attached hydrogens (tertiary/aromatic N) is 5. The first-order valence-electron chi connectivity index (χ1n) is 9.71. The number of pyridine rings is 2. The summed E-state index contributed by atoms with van der Waals surface area (Å²) in [6.45, 7) is -0.167. The molecule has 0 fully saturated rings. The number of aromatic amines is 1. The van der Waals surface area contributed by atoms with Crippen LogP contribution in [0.1, 0.15) is 5.56 Å². The zero-order chi connectivity index (χ0) is 23.3. The zero-order valence-corrected chi connectivity index (χ0v) is 17.4. The normalized spacial score (nSPS) is 15.6. The summed E-state index contributed by atoms with van der Waals surface area (Å²) in [6.07, 6.45) is 2.50. The average Bonchev–Trinajstić information content (AvgIpc) is 3.30. The average molecular weight is 458 g/mol. The van der Waals surface area contributed by atoms with Crippen LogP contribution in [0.4, 0.5) is 30.4 Å². The number of nitrogens with one attached hydrogen (secondary N) is 1. The van der Waals surface area contributed by atoms with Gasteiger partial charge in [0.05, 0.1) is 38.0 Å². The molecule has 12 heteroatoms. The lowest BCUT2D eigenvalue weighted by molar-refractivity contribution is 0.164. The van der Waals surface area contributed by atoms with Crippen molar-refractivity contribution in [2.24, 2.45) is 0 Å². The van der Waals surface area contributed by atoms with Gasteiger partial charge in [0, 0.05) is 24.0 Å². The number of rotatable bonds is 4. The van der Waals surface area contributed by atoms with E-state index in [1.54, 1.807) is 0 Å². The monoisotopic (exact) mass is 458 g/mol. The highest BCUT2D eigenvalue weighted by atomic mass is 19.1. The molecule has 33 heavy (non-hydrogen) atoms. The molecule has 1 atom stereocenters. The van der Waals surface area contributed by atoms with Crippen LogP contribution in [0.5, 0.6) is 11.5 Å². The number of ether oxygens (including phenoxy) is 2. The molecule has 1 aromatic carbocycles. The van der Waals surface area contributed by atoms with Gasteiger partial charge in [-0.25, -0.2) is 23.1 Å². The number of benzene rings is 1. The molecule has 4 aromatic rings. The second-order valence-corrected chi connectivity index (χ2v) is 7.18. The summed E-state index contributed by atoms with van der Waals surface area (Å²) in [4.78, 5) is 10.5. The van der Waals surface area contributed by atoms with Crippen LogP contribution < -0.4 is 19.3 Å². The van der Waals surface area contributed by atoms with E-state index in [1.807, 2.05) is 0 Å². The highest BCUT2D eigenvalue weighted by Crippen LogP contribution is 2.45. The first-order chi connectivity index (χ1) is 16.0. The minimum atomic E-state index is -1.76. The van der Waals surface area contributed by atoms with Gasteiger partial charge in [0.2, 0.25) is 6.35 Å². The number of fused-ring (bicyclic) bond motifs is 3.